The number of fused-ring (bicyclic) bond motifs is 1. The van der Waals surface area contributed by atoms with Crippen LogP contribution in [0.15, 0.2) is 36.4 Å². The van der Waals surface area contributed by atoms with Gasteiger partial charge < -0.3 is 0 Å². The zero-order chi connectivity index (χ0) is 13.6. The third kappa shape index (κ3) is 6.64. The van der Waals surface area contributed by atoms with Gasteiger partial charge in [0.1, 0.15) is 0 Å². The number of allylic oxidation sites excluding steroid dienone is 2. The molecule has 18 heavy (non-hydrogen) atoms. The van der Waals surface area contributed by atoms with Crippen molar-refractivity contribution in [2.45, 2.75) is 66.2 Å². The topological polar surface area (TPSA) is 0 Å². The Kier molecular flexibility index (Phi) is 11.7. The summed E-state index contributed by atoms with van der Waals surface area (Å²) in [6, 6.07) is 8.74. The summed E-state index contributed by atoms with van der Waals surface area (Å²) in [5, 5.41) is 0. The molecule has 2 aliphatic carbocycles. The van der Waals surface area contributed by atoms with Crippen molar-refractivity contribution in [3.63, 3.8) is 0 Å². The van der Waals surface area contributed by atoms with E-state index < -0.39 is 0 Å². The van der Waals surface area contributed by atoms with Crippen molar-refractivity contribution in [3.05, 3.63) is 47.5 Å². The van der Waals surface area contributed by atoms with Crippen LogP contribution in [0.5, 0.6) is 0 Å². The summed E-state index contributed by atoms with van der Waals surface area (Å²) in [5.74, 6) is 0. The smallest absolute Gasteiger partial charge is 0.0273 e. The van der Waals surface area contributed by atoms with Crippen molar-refractivity contribution >= 4 is 0 Å². The largest absolute Gasteiger partial charge is 0.0885 e. The number of hydrogen-bond acceptors (Lipinski definition) is 0. The van der Waals surface area contributed by atoms with E-state index in [-0.39, 0.29) is 0 Å². The molecule has 0 aromatic heterocycles. The maximum atomic E-state index is 2.24. The third-order valence-corrected chi connectivity index (χ3v) is 2.92. The second-order valence-corrected chi connectivity index (χ2v) is 4.02. The maximum absolute atomic E-state index is 2.24. The minimum absolute atomic E-state index is 1.30. The summed E-state index contributed by atoms with van der Waals surface area (Å²) in [5.41, 5.74) is 3.13. The summed E-state index contributed by atoms with van der Waals surface area (Å²) in [6.07, 6.45) is 12.5. The third-order valence-electron chi connectivity index (χ3n) is 2.92. The van der Waals surface area contributed by atoms with Crippen LogP contribution in [0, 0.1) is 0 Å². The average Bonchev–Trinajstić information content (AvgIpc) is 3.17. The molecular formula is C18H30. The molecule has 0 heterocycles. The zero-order valence-corrected chi connectivity index (χ0v) is 12.7. The van der Waals surface area contributed by atoms with Gasteiger partial charge in [0.25, 0.3) is 0 Å². The van der Waals surface area contributed by atoms with Crippen LogP contribution in [0.2, 0.25) is 0 Å². The average molecular weight is 246 g/mol. The lowest BCUT2D eigenvalue weighted by Crippen LogP contribution is -1.77. The molecule has 0 N–H and O–H groups in total. The van der Waals surface area contributed by atoms with Gasteiger partial charge in [0.2, 0.25) is 0 Å². The molecule has 0 radical (unpaired) electrons. The standard InChI is InChI=1S/C9H10.C5H8.2C2H6/c1-2-5-9-7-3-6-8(9)4-1;1-2-4-5-3-1;2*1-2/h1-2,4-5H,3,6-7H2;1-2H,3-5H2;2*1-2H3. The van der Waals surface area contributed by atoms with Gasteiger partial charge in [-0.25, -0.2) is 0 Å². The molecule has 0 nitrogen and oxygen atoms in total. The molecular weight excluding hydrogens is 216 g/mol. The molecule has 0 heteroatoms. The summed E-state index contributed by atoms with van der Waals surface area (Å²) in [4.78, 5) is 0. The molecule has 1 aromatic carbocycles. The van der Waals surface area contributed by atoms with Crippen molar-refractivity contribution in [3.8, 4) is 0 Å². The van der Waals surface area contributed by atoms with E-state index >= 15 is 0 Å². The van der Waals surface area contributed by atoms with Crippen LogP contribution in [0.1, 0.15) is 64.5 Å². The summed E-state index contributed by atoms with van der Waals surface area (Å²) >= 11 is 0. The predicted octanol–water partition coefficient (Wildman–Crippen LogP) is 5.95. The molecule has 0 aliphatic heterocycles. The fourth-order valence-electron chi connectivity index (χ4n) is 2.10. The van der Waals surface area contributed by atoms with E-state index in [2.05, 4.69) is 36.4 Å². The Morgan fingerprint density at radius 1 is 0.667 bits per heavy atom. The minimum atomic E-state index is 1.30. The monoisotopic (exact) mass is 246 g/mol. The Morgan fingerprint density at radius 3 is 1.44 bits per heavy atom. The first-order valence-electron chi connectivity index (χ1n) is 7.68. The van der Waals surface area contributed by atoms with Crippen LogP contribution in [-0.2, 0) is 12.8 Å². The Labute approximate surface area is 114 Å². The molecule has 0 spiro atoms. The van der Waals surface area contributed by atoms with Crippen molar-refractivity contribution in [1.29, 1.82) is 0 Å². The summed E-state index contributed by atoms with van der Waals surface area (Å²) < 4.78 is 0. The maximum Gasteiger partial charge on any atom is -0.0273 e. The van der Waals surface area contributed by atoms with Gasteiger partial charge in [-0.05, 0) is 49.7 Å². The Balaban J connectivity index is 0.000000276. The minimum Gasteiger partial charge on any atom is -0.0885 e. The highest BCUT2D eigenvalue weighted by Gasteiger charge is 2.07. The predicted molar refractivity (Wildman–Crippen MR) is 84.2 cm³/mol. The van der Waals surface area contributed by atoms with Gasteiger partial charge in [0.05, 0.1) is 0 Å². The van der Waals surface area contributed by atoms with Crippen molar-refractivity contribution in [2.75, 3.05) is 0 Å². The van der Waals surface area contributed by atoms with Crippen molar-refractivity contribution < 1.29 is 0 Å². The highest BCUT2D eigenvalue weighted by Crippen LogP contribution is 2.20. The van der Waals surface area contributed by atoms with E-state index in [1.165, 1.54) is 38.5 Å². The van der Waals surface area contributed by atoms with E-state index in [1.807, 2.05) is 27.7 Å². The van der Waals surface area contributed by atoms with E-state index in [1.54, 1.807) is 11.1 Å². The van der Waals surface area contributed by atoms with E-state index in [0.717, 1.165) is 0 Å². The molecule has 0 amide bonds. The summed E-state index contributed by atoms with van der Waals surface area (Å²) in [7, 11) is 0. The van der Waals surface area contributed by atoms with Gasteiger partial charge in [-0.15, -0.1) is 0 Å². The quantitative estimate of drug-likeness (QED) is 0.496. The first-order chi connectivity index (χ1) is 8.97. The first-order valence-corrected chi connectivity index (χ1v) is 7.68. The van der Waals surface area contributed by atoms with Gasteiger partial charge in [0, 0.05) is 0 Å². The molecule has 0 bridgehead atoms. The van der Waals surface area contributed by atoms with Crippen LogP contribution in [0.25, 0.3) is 0 Å². The van der Waals surface area contributed by atoms with Gasteiger partial charge in [-0.2, -0.15) is 0 Å². The first kappa shape index (κ1) is 17.0. The number of aryl methyl sites for hydroxylation is 2. The van der Waals surface area contributed by atoms with Crippen LogP contribution in [0.4, 0.5) is 0 Å². The Hall–Kier alpha value is -1.04. The highest BCUT2D eigenvalue weighted by molar-refractivity contribution is 5.30. The summed E-state index contributed by atoms with van der Waals surface area (Å²) in [6.45, 7) is 8.00. The lowest BCUT2D eigenvalue weighted by molar-refractivity contribution is 0.912. The molecule has 0 unspecified atom stereocenters. The van der Waals surface area contributed by atoms with Crippen LogP contribution < -0.4 is 0 Å². The highest BCUT2D eigenvalue weighted by atomic mass is 14.1. The van der Waals surface area contributed by atoms with Gasteiger partial charge in [-0.3, -0.25) is 0 Å². The fourth-order valence-corrected chi connectivity index (χ4v) is 2.10. The molecule has 0 saturated carbocycles. The molecule has 0 atom stereocenters. The molecule has 3 rings (SSSR count). The number of benzene rings is 1. The van der Waals surface area contributed by atoms with Gasteiger partial charge >= 0.3 is 0 Å². The lowest BCUT2D eigenvalue weighted by Gasteiger charge is -1.93. The molecule has 0 saturated heterocycles. The normalized spacial score (nSPS) is 14.2. The molecule has 2 aliphatic rings. The Morgan fingerprint density at radius 2 is 1.11 bits per heavy atom. The van der Waals surface area contributed by atoms with Gasteiger partial charge in [-0.1, -0.05) is 64.1 Å². The Bertz CT molecular complexity index is 281. The fraction of sp³-hybridized carbons (Fsp3) is 0.556. The molecule has 0 fully saturated rings. The van der Waals surface area contributed by atoms with Gasteiger partial charge in [0.15, 0.2) is 0 Å². The SMILES string of the molecule is C1=CCCC1.CC.CC.c1ccc2c(c1)CCC2. The van der Waals surface area contributed by atoms with Crippen LogP contribution in [-0.4, -0.2) is 0 Å². The zero-order valence-electron chi connectivity index (χ0n) is 12.7. The van der Waals surface area contributed by atoms with Crippen molar-refractivity contribution in [2.24, 2.45) is 0 Å². The number of hydrogen-bond donors (Lipinski definition) is 0. The second-order valence-electron chi connectivity index (χ2n) is 4.02. The van der Waals surface area contributed by atoms with Crippen LogP contribution >= 0.6 is 0 Å². The van der Waals surface area contributed by atoms with Crippen LogP contribution in [0.3, 0.4) is 0 Å². The molecule has 1 aromatic rings. The molecule has 102 valence electrons. The second kappa shape index (κ2) is 12.4. The van der Waals surface area contributed by atoms with Crippen molar-refractivity contribution in [1.82, 2.24) is 0 Å². The van der Waals surface area contributed by atoms with E-state index in [4.69, 9.17) is 0 Å². The van der Waals surface area contributed by atoms with E-state index in [0.29, 0.717) is 0 Å². The number of rotatable bonds is 0. The van der Waals surface area contributed by atoms with E-state index in [9.17, 15) is 0 Å². The lowest BCUT2D eigenvalue weighted by atomic mass is 10.1.